The largest absolute Gasteiger partial charge is 0.444 e. The zero-order chi connectivity index (χ0) is 16.0. The first kappa shape index (κ1) is 18.2. The molecule has 3 atom stereocenters. The molecule has 0 aromatic heterocycles. The third-order valence-corrected chi connectivity index (χ3v) is 3.80. The maximum absolute atomic E-state index is 12.2. The minimum atomic E-state index is -0.459. The highest BCUT2D eigenvalue weighted by Crippen LogP contribution is 2.18. The van der Waals surface area contributed by atoms with Crippen molar-refractivity contribution in [3.05, 3.63) is 0 Å². The van der Waals surface area contributed by atoms with Gasteiger partial charge in [-0.05, 0) is 33.6 Å². The highest BCUT2D eigenvalue weighted by Gasteiger charge is 2.37. The van der Waals surface area contributed by atoms with Gasteiger partial charge in [-0.1, -0.05) is 20.3 Å². The van der Waals surface area contributed by atoms with Gasteiger partial charge in [-0.25, -0.2) is 4.79 Å². The van der Waals surface area contributed by atoms with Gasteiger partial charge in [0.1, 0.15) is 5.60 Å². The van der Waals surface area contributed by atoms with Crippen LogP contribution in [0.25, 0.3) is 0 Å². The SMILES string of the molecule is CCCC(CC)NC1CN(C(=O)OC(C)(C)C)C[C@@H]1OC. The summed E-state index contributed by atoms with van der Waals surface area (Å²) in [6.07, 6.45) is 3.18. The van der Waals surface area contributed by atoms with Crippen LogP contribution < -0.4 is 5.32 Å². The van der Waals surface area contributed by atoms with Gasteiger partial charge in [-0.2, -0.15) is 0 Å². The monoisotopic (exact) mass is 300 g/mol. The first-order chi connectivity index (χ1) is 9.80. The molecule has 1 N–H and O–H groups in total. The summed E-state index contributed by atoms with van der Waals surface area (Å²) in [6, 6.07) is 0.662. The van der Waals surface area contributed by atoms with Crippen LogP contribution in [-0.2, 0) is 9.47 Å². The summed E-state index contributed by atoms with van der Waals surface area (Å²) < 4.78 is 11.0. The molecular weight excluding hydrogens is 268 g/mol. The normalized spacial score (nSPS) is 24.2. The topological polar surface area (TPSA) is 50.8 Å². The Morgan fingerprint density at radius 3 is 2.48 bits per heavy atom. The van der Waals surface area contributed by atoms with Crippen molar-refractivity contribution in [2.45, 2.75) is 77.7 Å². The zero-order valence-corrected chi connectivity index (χ0v) is 14.4. The standard InChI is InChI=1S/C16H32N2O3/c1-7-9-12(8-2)17-13-10-18(11-14(13)20-6)15(19)21-16(3,4)5/h12-14,17H,7-11H2,1-6H3/t12?,13?,14-/m0/s1. The lowest BCUT2D eigenvalue weighted by atomic mass is 10.1. The van der Waals surface area contributed by atoms with Crippen molar-refractivity contribution < 1.29 is 14.3 Å². The van der Waals surface area contributed by atoms with E-state index in [2.05, 4.69) is 19.2 Å². The number of nitrogens with one attached hydrogen (secondary N) is 1. The van der Waals surface area contributed by atoms with Crippen LogP contribution in [-0.4, -0.2) is 55.0 Å². The molecule has 1 aliphatic rings. The average Bonchev–Trinajstić information content (AvgIpc) is 2.79. The Kier molecular flexibility index (Phi) is 6.94. The predicted molar refractivity (Wildman–Crippen MR) is 84.5 cm³/mol. The molecule has 1 amide bonds. The molecule has 5 nitrogen and oxygen atoms in total. The van der Waals surface area contributed by atoms with Crippen molar-refractivity contribution in [3.8, 4) is 0 Å². The number of hydrogen-bond donors (Lipinski definition) is 1. The summed E-state index contributed by atoms with van der Waals surface area (Å²) >= 11 is 0. The van der Waals surface area contributed by atoms with Gasteiger partial charge in [0.05, 0.1) is 18.7 Å². The summed E-state index contributed by atoms with van der Waals surface area (Å²) in [6.45, 7) is 11.3. The van der Waals surface area contributed by atoms with Crippen molar-refractivity contribution in [3.63, 3.8) is 0 Å². The molecule has 1 rings (SSSR count). The van der Waals surface area contributed by atoms with Gasteiger partial charge in [-0.15, -0.1) is 0 Å². The molecule has 5 heteroatoms. The molecule has 0 aromatic rings. The minimum Gasteiger partial charge on any atom is -0.444 e. The quantitative estimate of drug-likeness (QED) is 0.819. The van der Waals surface area contributed by atoms with E-state index in [1.807, 2.05) is 20.8 Å². The van der Waals surface area contributed by atoms with Gasteiger partial charge < -0.3 is 19.7 Å². The zero-order valence-electron chi connectivity index (χ0n) is 14.4. The van der Waals surface area contributed by atoms with E-state index in [9.17, 15) is 4.79 Å². The molecule has 2 unspecified atom stereocenters. The molecule has 0 aliphatic carbocycles. The van der Waals surface area contributed by atoms with Gasteiger partial charge in [0, 0.05) is 19.7 Å². The molecule has 1 fully saturated rings. The number of methoxy groups -OCH3 is 1. The van der Waals surface area contributed by atoms with Crippen molar-refractivity contribution in [1.82, 2.24) is 10.2 Å². The van der Waals surface area contributed by atoms with Gasteiger partial charge in [0.2, 0.25) is 0 Å². The number of ether oxygens (including phenoxy) is 2. The summed E-state index contributed by atoms with van der Waals surface area (Å²) in [4.78, 5) is 13.9. The van der Waals surface area contributed by atoms with E-state index in [1.165, 1.54) is 0 Å². The number of carbonyl (C=O) groups excluding carboxylic acids is 1. The summed E-state index contributed by atoms with van der Waals surface area (Å²) in [5.74, 6) is 0. The van der Waals surface area contributed by atoms with Crippen molar-refractivity contribution in [2.24, 2.45) is 0 Å². The highest BCUT2D eigenvalue weighted by atomic mass is 16.6. The van der Waals surface area contributed by atoms with Crippen molar-refractivity contribution in [2.75, 3.05) is 20.2 Å². The lowest BCUT2D eigenvalue weighted by Crippen LogP contribution is -2.45. The Morgan fingerprint density at radius 2 is 2.00 bits per heavy atom. The van der Waals surface area contributed by atoms with E-state index in [4.69, 9.17) is 9.47 Å². The average molecular weight is 300 g/mol. The van der Waals surface area contributed by atoms with E-state index in [0.717, 1.165) is 19.3 Å². The predicted octanol–water partition coefficient (Wildman–Crippen LogP) is 2.79. The Labute approximate surface area is 129 Å². The first-order valence-electron chi connectivity index (χ1n) is 8.07. The van der Waals surface area contributed by atoms with E-state index in [1.54, 1.807) is 12.0 Å². The van der Waals surface area contributed by atoms with Crippen LogP contribution in [0.5, 0.6) is 0 Å². The lowest BCUT2D eigenvalue weighted by Gasteiger charge is -2.25. The van der Waals surface area contributed by atoms with Crippen LogP contribution >= 0.6 is 0 Å². The van der Waals surface area contributed by atoms with Gasteiger partial charge in [0.25, 0.3) is 0 Å². The van der Waals surface area contributed by atoms with Crippen LogP contribution in [0.15, 0.2) is 0 Å². The molecule has 0 radical (unpaired) electrons. The van der Waals surface area contributed by atoms with Crippen LogP contribution in [0.3, 0.4) is 0 Å². The molecule has 1 saturated heterocycles. The summed E-state index contributed by atoms with van der Waals surface area (Å²) in [5, 5.41) is 3.64. The Hall–Kier alpha value is -0.810. The number of carbonyl (C=O) groups is 1. The Balaban J connectivity index is 2.60. The van der Waals surface area contributed by atoms with E-state index < -0.39 is 5.60 Å². The number of amides is 1. The molecule has 0 spiro atoms. The Bertz CT molecular complexity index is 328. The molecule has 1 heterocycles. The van der Waals surface area contributed by atoms with E-state index in [-0.39, 0.29) is 18.2 Å². The molecule has 124 valence electrons. The van der Waals surface area contributed by atoms with E-state index in [0.29, 0.717) is 19.1 Å². The minimum absolute atomic E-state index is 0.0309. The third kappa shape index (κ3) is 5.83. The second kappa shape index (κ2) is 7.99. The van der Waals surface area contributed by atoms with Crippen LogP contribution in [0.2, 0.25) is 0 Å². The van der Waals surface area contributed by atoms with Crippen LogP contribution in [0.4, 0.5) is 4.79 Å². The van der Waals surface area contributed by atoms with Crippen LogP contribution in [0, 0.1) is 0 Å². The number of likely N-dealkylation sites (tertiary alicyclic amines) is 1. The number of nitrogens with zero attached hydrogens (tertiary/aromatic N) is 1. The summed E-state index contributed by atoms with van der Waals surface area (Å²) in [7, 11) is 1.71. The fraction of sp³-hybridized carbons (Fsp3) is 0.938. The Morgan fingerprint density at radius 1 is 1.33 bits per heavy atom. The lowest BCUT2D eigenvalue weighted by molar-refractivity contribution is 0.0252. The number of hydrogen-bond acceptors (Lipinski definition) is 4. The summed E-state index contributed by atoms with van der Waals surface area (Å²) in [5.41, 5.74) is -0.459. The maximum atomic E-state index is 12.2. The molecule has 0 aromatic carbocycles. The fourth-order valence-corrected chi connectivity index (χ4v) is 2.70. The molecule has 21 heavy (non-hydrogen) atoms. The van der Waals surface area contributed by atoms with Crippen LogP contribution in [0.1, 0.15) is 53.9 Å². The smallest absolute Gasteiger partial charge is 0.410 e. The second-order valence-electron chi connectivity index (χ2n) is 6.83. The van der Waals surface area contributed by atoms with Gasteiger partial charge >= 0.3 is 6.09 Å². The molecule has 1 aliphatic heterocycles. The number of rotatable bonds is 6. The second-order valence-corrected chi connectivity index (χ2v) is 6.83. The molecule has 0 bridgehead atoms. The fourth-order valence-electron chi connectivity index (χ4n) is 2.70. The van der Waals surface area contributed by atoms with Crippen molar-refractivity contribution >= 4 is 6.09 Å². The maximum Gasteiger partial charge on any atom is 0.410 e. The highest BCUT2D eigenvalue weighted by molar-refractivity contribution is 5.68. The van der Waals surface area contributed by atoms with Gasteiger partial charge in [-0.3, -0.25) is 0 Å². The van der Waals surface area contributed by atoms with E-state index >= 15 is 0 Å². The molecular formula is C16H32N2O3. The molecule has 0 saturated carbocycles. The third-order valence-electron chi connectivity index (χ3n) is 3.80. The van der Waals surface area contributed by atoms with Crippen molar-refractivity contribution in [1.29, 1.82) is 0 Å². The first-order valence-corrected chi connectivity index (χ1v) is 8.07. The van der Waals surface area contributed by atoms with Gasteiger partial charge in [0.15, 0.2) is 0 Å².